The number of anilines is 1. The van der Waals surface area contributed by atoms with E-state index in [1.165, 1.54) is 39.3 Å². The van der Waals surface area contributed by atoms with Crippen LogP contribution < -0.4 is 5.01 Å². The highest BCUT2D eigenvalue weighted by Gasteiger charge is 2.23. The lowest BCUT2D eigenvalue weighted by Crippen LogP contribution is -2.21. The molecular formula is C25H22N4. The Bertz CT molecular complexity index is 1190. The maximum absolute atomic E-state index is 4.65. The van der Waals surface area contributed by atoms with E-state index in [-0.39, 0.29) is 0 Å². The van der Waals surface area contributed by atoms with Gasteiger partial charge in [0.2, 0.25) is 0 Å². The van der Waals surface area contributed by atoms with Crippen molar-refractivity contribution in [3.05, 3.63) is 102 Å². The average Bonchev–Trinajstić information content (AvgIpc) is 3.04. The van der Waals surface area contributed by atoms with Gasteiger partial charge >= 0.3 is 0 Å². The first-order valence-corrected chi connectivity index (χ1v) is 9.81. The van der Waals surface area contributed by atoms with Gasteiger partial charge in [-0.25, -0.2) is 9.99 Å². The van der Waals surface area contributed by atoms with Crippen LogP contribution >= 0.6 is 0 Å². The summed E-state index contributed by atoms with van der Waals surface area (Å²) >= 11 is 0. The summed E-state index contributed by atoms with van der Waals surface area (Å²) in [7, 11) is 0. The maximum atomic E-state index is 4.65. The molecule has 0 spiro atoms. The van der Waals surface area contributed by atoms with Gasteiger partial charge in [0.1, 0.15) is 5.82 Å². The number of rotatable bonds is 3. The molecule has 0 saturated heterocycles. The molecule has 142 valence electrons. The molecule has 0 aliphatic carbocycles. The highest BCUT2D eigenvalue weighted by Crippen LogP contribution is 2.31. The van der Waals surface area contributed by atoms with Gasteiger partial charge < -0.3 is 4.57 Å². The molecule has 5 rings (SSSR count). The third-order valence-electron chi connectivity index (χ3n) is 5.58. The van der Waals surface area contributed by atoms with Crippen LogP contribution in [0.4, 0.5) is 5.82 Å². The van der Waals surface area contributed by atoms with Crippen molar-refractivity contribution >= 4 is 12.0 Å². The number of fused-ring (bicyclic) bond motifs is 1. The lowest BCUT2D eigenvalue weighted by molar-refractivity contribution is 0.817. The highest BCUT2D eigenvalue weighted by atomic mass is 15.5. The molecule has 0 amide bonds. The number of benzene rings is 2. The summed E-state index contributed by atoms with van der Waals surface area (Å²) in [5.41, 5.74) is 8.59. The van der Waals surface area contributed by atoms with Crippen molar-refractivity contribution in [2.24, 2.45) is 5.10 Å². The van der Waals surface area contributed by atoms with Gasteiger partial charge in [0.15, 0.2) is 0 Å². The average molecular weight is 378 g/mol. The van der Waals surface area contributed by atoms with Crippen molar-refractivity contribution in [1.82, 2.24) is 9.55 Å². The summed E-state index contributed by atoms with van der Waals surface area (Å²) in [4.78, 5) is 4.44. The van der Waals surface area contributed by atoms with Gasteiger partial charge in [-0.3, -0.25) is 0 Å². The van der Waals surface area contributed by atoms with Gasteiger partial charge in [0.05, 0.1) is 12.8 Å². The Morgan fingerprint density at radius 2 is 1.59 bits per heavy atom. The molecule has 0 fully saturated rings. The molecule has 2 aromatic heterocycles. The van der Waals surface area contributed by atoms with E-state index in [2.05, 4.69) is 77.0 Å². The van der Waals surface area contributed by atoms with Gasteiger partial charge in [-0.1, -0.05) is 48.5 Å². The van der Waals surface area contributed by atoms with Crippen LogP contribution in [0.5, 0.6) is 0 Å². The molecule has 0 N–H and O–H groups in total. The van der Waals surface area contributed by atoms with Crippen LogP contribution in [-0.2, 0) is 6.54 Å². The predicted octanol–water partition coefficient (Wildman–Crippen LogP) is 5.51. The second-order valence-electron chi connectivity index (χ2n) is 7.30. The fraction of sp³-hybridized carbons (Fsp3) is 0.120. The Kier molecular flexibility index (Phi) is 4.24. The maximum Gasteiger partial charge on any atom is 0.149 e. The normalized spacial score (nSPS) is 12.8. The molecule has 0 atom stereocenters. The predicted molar refractivity (Wildman–Crippen MR) is 119 cm³/mol. The quantitative estimate of drug-likeness (QED) is 0.471. The largest absolute Gasteiger partial charge is 0.317 e. The molecule has 3 heterocycles. The first-order valence-electron chi connectivity index (χ1n) is 9.81. The van der Waals surface area contributed by atoms with Crippen molar-refractivity contribution in [2.75, 3.05) is 5.01 Å². The standard InChI is InChI=1S/C25H22N4/c1-18-23-16-27-28(25-13-6-7-14-26-25)17-24(23)19(2)29(18)22-12-8-11-21(15-22)20-9-4-3-5-10-20/h3-16H,17H2,1-2H3. The number of nitrogens with zero attached hydrogens (tertiary/aromatic N) is 4. The number of pyridine rings is 1. The summed E-state index contributed by atoms with van der Waals surface area (Å²) < 4.78 is 2.34. The molecule has 29 heavy (non-hydrogen) atoms. The molecule has 4 aromatic rings. The van der Waals surface area contributed by atoms with E-state index < -0.39 is 0 Å². The van der Waals surface area contributed by atoms with E-state index in [1.807, 2.05) is 35.5 Å². The summed E-state index contributed by atoms with van der Waals surface area (Å²) in [6.07, 6.45) is 3.77. The Hall–Kier alpha value is -3.66. The van der Waals surface area contributed by atoms with Crippen LogP contribution in [0.2, 0.25) is 0 Å². The molecule has 4 nitrogen and oxygen atoms in total. The van der Waals surface area contributed by atoms with Crippen molar-refractivity contribution < 1.29 is 0 Å². The van der Waals surface area contributed by atoms with Crippen molar-refractivity contribution in [3.63, 3.8) is 0 Å². The molecule has 2 aromatic carbocycles. The molecule has 0 radical (unpaired) electrons. The van der Waals surface area contributed by atoms with E-state index in [0.717, 1.165) is 12.4 Å². The molecule has 1 aliphatic heterocycles. The molecule has 1 aliphatic rings. The third kappa shape index (κ3) is 3.03. The number of hydrazone groups is 1. The van der Waals surface area contributed by atoms with Crippen molar-refractivity contribution in [2.45, 2.75) is 20.4 Å². The minimum absolute atomic E-state index is 0.723. The summed E-state index contributed by atoms with van der Waals surface area (Å²) in [5, 5.41) is 6.61. The lowest BCUT2D eigenvalue weighted by atomic mass is 10.1. The van der Waals surface area contributed by atoms with Gasteiger partial charge in [0, 0.05) is 34.4 Å². The summed E-state index contributed by atoms with van der Waals surface area (Å²) in [6.45, 7) is 5.08. The Morgan fingerprint density at radius 3 is 2.38 bits per heavy atom. The number of hydrogen-bond acceptors (Lipinski definition) is 3. The lowest BCUT2D eigenvalue weighted by Gasteiger charge is -2.21. The molecule has 0 unspecified atom stereocenters. The molecule has 4 heteroatoms. The highest BCUT2D eigenvalue weighted by molar-refractivity contribution is 5.87. The smallest absolute Gasteiger partial charge is 0.149 e. The van der Waals surface area contributed by atoms with Crippen molar-refractivity contribution in [3.8, 4) is 16.8 Å². The van der Waals surface area contributed by atoms with Crippen LogP contribution in [0.25, 0.3) is 16.8 Å². The summed E-state index contributed by atoms with van der Waals surface area (Å²) in [6, 6.07) is 25.1. The van der Waals surface area contributed by atoms with E-state index in [9.17, 15) is 0 Å². The fourth-order valence-electron chi connectivity index (χ4n) is 4.10. The van der Waals surface area contributed by atoms with Crippen LogP contribution in [0, 0.1) is 13.8 Å². The van der Waals surface area contributed by atoms with Crippen LogP contribution in [0.15, 0.2) is 84.1 Å². The second kappa shape index (κ2) is 7.06. The van der Waals surface area contributed by atoms with Gasteiger partial charge in [-0.05, 0) is 49.2 Å². The first-order chi connectivity index (χ1) is 14.2. The van der Waals surface area contributed by atoms with Gasteiger partial charge in [-0.15, -0.1) is 0 Å². The van der Waals surface area contributed by atoms with E-state index >= 15 is 0 Å². The second-order valence-corrected chi connectivity index (χ2v) is 7.30. The third-order valence-corrected chi connectivity index (χ3v) is 5.58. The number of aromatic nitrogens is 2. The number of hydrogen-bond donors (Lipinski definition) is 0. The Balaban J connectivity index is 1.56. The fourth-order valence-corrected chi connectivity index (χ4v) is 4.10. The van der Waals surface area contributed by atoms with E-state index in [0.29, 0.717) is 0 Å². The van der Waals surface area contributed by atoms with Gasteiger partial charge in [-0.2, -0.15) is 5.10 Å². The topological polar surface area (TPSA) is 33.4 Å². The molecule has 0 bridgehead atoms. The zero-order valence-electron chi connectivity index (χ0n) is 16.6. The first kappa shape index (κ1) is 17.4. The zero-order valence-corrected chi connectivity index (χ0v) is 16.6. The van der Waals surface area contributed by atoms with Crippen LogP contribution in [-0.4, -0.2) is 15.8 Å². The van der Waals surface area contributed by atoms with E-state index in [1.54, 1.807) is 6.20 Å². The van der Waals surface area contributed by atoms with Gasteiger partial charge in [0.25, 0.3) is 0 Å². The van der Waals surface area contributed by atoms with E-state index in [4.69, 9.17) is 0 Å². The monoisotopic (exact) mass is 378 g/mol. The van der Waals surface area contributed by atoms with Crippen LogP contribution in [0.1, 0.15) is 22.5 Å². The molecule has 0 saturated carbocycles. The SMILES string of the molecule is Cc1c2c(c(C)n1-c1cccc(-c3ccccc3)c1)CN(c1ccccn1)N=C2. The minimum Gasteiger partial charge on any atom is -0.317 e. The van der Waals surface area contributed by atoms with Crippen LogP contribution in [0.3, 0.4) is 0 Å². The Labute approximate surface area is 170 Å². The summed E-state index contributed by atoms with van der Waals surface area (Å²) in [5.74, 6) is 0.866. The van der Waals surface area contributed by atoms with Crippen molar-refractivity contribution in [1.29, 1.82) is 0 Å². The minimum atomic E-state index is 0.723. The zero-order chi connectivity index (χ0) is 19.8. The Morgan fingerprint density at radius 1 is 0.793 bits per heavy atom. The molecular weight excluding hydrogens is 356 g/mol.